The highest BCUT2D eigenvalue weighted by Crippen LogP contribution is 2.07. The number of esters is 1. The summed E-state index contributed by atoms with van der Waals surface area (Å²) in [6, 6.07) is 0. The molecule has 0 unspecified atom stereocenters. The number of carbonyl (C=O) groups excluding carboxylic acids is 3. The number of hydrogen-bond donors (Lipinski definition) is 2. The van der Waals surface area contributed by atoms with Crippen LogP contribution in [0.15, 0.2) is 0 Å². The minimum atomic E-state index is -0.660. The first-order valence-electron chi connectivity index (χ1n) is 4.47. The zero-order valence-electron chi connectivity index (χ0n) is 9.12. The predicted molar refractivity (Wildman–Crippen MR) is 52.7 cm³/mol. The van der Waals surface area contributed by atoms with Gasteiger partial charge in [-0.1, -0.05) is 0 Å². The first-order valence-corrected chi connectivity index (χ1v) is 4.47. The molecule has 0 fully saturated rings. The summed E-state index contributed by atoms with van der Waals surface area (Å²) in [5.74, 6) is -1.87. The van der Waals surface area contributed by atoms with Gasteiger partial charge < -0.3 is 15.8 Å². The number of primary amides is 1. The Balaban J connectivity index is 3.87. The second kappa shape index (κ2) is 5.33. The maximum atomic E-state index is 11.1. The van der Waals surface area contributed by atoms with E-state index in [4.69, 9.17) is 10.5 Å². The van der Waals surface area contributed by atoms with E-state index in [0.717, 1.165) is 0 Å². The Hall–Kier alpha value is -1.59. The molecule has 0 bridgehead atoms. The van der Waals surface area contributed by atoms with Crippen molar-refractivity contribution >= 4 is 17.8 Å². The van der Waals surface area contributed by atoms with E-state index in [9.17, 15) is 14.4 Å². The minimum Gasteiger partial charge on any atom is -0.460 e. The van der Waals surface area contributed by atoms with E-state index in [1.165, 1.54) is 0 Å². The molecule has 3 N–H and O–H groups in total. The van der Waals surface area contributed by atoms with Gasteiger partial charge >= 0.3 is 5.97 Å². The largest absolute Gasteiger partial charge is 0.460 e. The molecule has 0 radical (unpaired) electrons. The molecule has 0 saturated carbocycles. The molecule has 2 amide bonds. The number of nitrogens with one attached hydrogen (secondary N) is 1. The van der Waals surface area contributed by atoms with Crippen molar-refractivity contribution in [3.63, 3.8) is 0 Å². The molecule has 0 aromatic rings. The van der Waals surface area contributed by atoms with E-state index in [1.54, 1.807) is 20.8 Å². The van der Waals surface area contributed by atoms with Gasteiger partial charge in [0, 0.05) is 0 Å². The number of nitrogens with two attached hydrogens (primary N) is 1. The summed E-state index contributed by atoms with van der Waals surface area (Å²) >= 11 is 0. The molecule has 0 atom stereocenters. The van der Waals surface area contributed by atoms with Crippen LogP contribution in [0.25, 0.3) is 0 Å². The van der Waals surface area contributed by atoms with Crippen LogP contribution < -0.4 is 11.1 Å². The molecule has 0 saturated heterocycles. The molecule has 0 aliphatic heterocycles. The fourth-order valence-electron chi connectivity index (χ4n) is 0.757. The van der Waals surface area contributed by atoms with E-state index in [-0.39, 0.29) is 6.54 Å². The molecule has 0 aromatic heterocycles. The molecule has 0 aromatic carbocycles. The average molecular weight is 216 g/mol. The fourth-order valence-corrected chi connectivity index (χ4v) is 0.757. The number of rotatable bonds is 4. The van der Waals surface area contributed by atoms with Gasteiger partial charge in [-0.3, -0.25) is 14.4 Å². The van der Waals surface area contributed by atoms with Crippen molar-refractivity contribution in [2.24, 2.45) is 5.73 Å². The molecule has 0 aliphatic carbocycles. The van der Waals surface area contributed by atoms with Crippen LogP contribution in [0.1, 0.15) is 27.2 Å². The third-order valence-electron chi connectivity index (χ3n) is 1.18. The highest BCUT2D eigenvalue weighted by Gasteiger charge is 2.18. The molecule has 86 valence electrons. The Morgan fingerprint density at radius 1 is 1.27 bits per heavy atom. The highest BCUT2D eigenvalue weighted by atomic mass is 16.6. The fraction of sp³-hybridized carbons (Fsp3) is 0.667. The molecule has 6 nitrogen and oxygen atoms in total. The van der Waals surface area contributed by atoms with Crippen LogP contribution in [0, 0.1) is 0 Å². The molecular formula is C9H16N2O4. The Bertz CT molecular complexity index is 268. The van der Waals surface area contributed by atoms with E-state index < -0.39 is 29.8 Å². The number of hydrogen-bond acceptors (Lipinski definition) is 4. The molecule has 0 heterocycles. The first kappa shape index (κ1) is 13.4. The topological polar surface area (TPSA) is 98.5 Å². The van der Waals surface area contributed by atoms with Crippen molar-refractivity contribution in [1.82, 2.24) is 5.32 Å². The lowest BCUT2D eigenvalue weighted by molar-refractivity contribution is -0.156. The lowest BCUT2D eigenvalue weighted by Gasteiger charge is -2.19. The standard InChI is InChI=1S/C9H16N2O4/c1-9(2,3)15-8(14)4-7(13)11-5-6(10)12/h4-5H2,1-3H3,(H2,10,12)(H,11,13). The van der Waals surface area contributed by atoms with E-state index in [1.807, 2.05) is 0 Å². The third kappa shape index (κ3) is 8.73. The predicted octanol–water partition coefficient (Wildman–Crippen LogP) is -0.680. The first-order chi connectivity index (χ1) is 6.70. The average Bonchev–Trinajstić information content (AvgIpc) is 1.96. The lowest BCUT2D eigenvalue weighted by atomic mass is 10.2. The quantitative estimate of drug-likeness (QED) is 0.480. The van der Waals surface area contributed by atoms with Crippen LogP contribution in [0.4, 0.5) is 0 Å². The van der Waals surface area contributed by atoms with Gasteiger partial charge in [0.2, 0.25) is 11.8 Å². The summed E-state index contributed by atoms with van der Waals surface area (Å²) < 4.78 is 4.90. The Morgan fingerprint density at radius 3 is 2.20 bits per heavy atom. The van der Waals surface area contributed by atoms with Gasteiger partial charge in [0.25, 0.3) is 0 Å². The normalized spacial score (nSPS) is 10.6. The van der Waals surface area contributed by atoms with Gasteiger partial charge in [0.05, 0.1) is 6.54 Å². The van der Waals surface area contributed by atoms with E-state index in [0.29, 0.717) is 0 Å². The number of ether oxygens (including phenoxy) is 1. The number of amides is 2. The zero-order valence-corrected chi connectivity index (χ0v) is 9.12. The SMILES string of the molecule is CC(C)(C)OC(=O)CC(=O)NCC(N)=O. The van der Waals surface area contributed by atoms with Gasteiger partial charge in [-0.05, 0) is 20.8 Å². The van der Waals surface area contributed by atoms with Gasteiger partial charge in [0.15, 0.2) is 0 Å². The summed E-state index contributed by atoms with van der Waals surface area (Å²) in [6.45, 7) is 4.83. The summed E-state index contributed by atoms with van der Waals surface area (Å²) in [6.07, 6.45) is -0.412. The second-order valence-electron chi connectivity index (χ2n) is 4.01. The van der Waals surface area contributed by atoms with Gasteiger partial charge in [-0.2, -0.15) is 0 Å². The maximum Gasteiger partial charge on any atom is 0.315 e. The Morgan fingerprint density at radius 2 is 1.80 bits per heavy atom. The van der Waals surface area contributed by atoms with E-state index in [2.05, 4.69) is 5.32 Å². The van der Waals surface area contributed by atoms with Crippen molar-refractivity contribution in [3.8, 4) is 0 Å². The molecule has 15 heavy (non-hydrogen) atoms. The molecule has 0 spiro atoms. The van der Waals surface area contributed by atoms with Crippen molar-refractivity contribution in [2.45, 2.75) is 32.8 Å². The van der Waals surface area contributed by atoms with Crippen LogP contribution in [0.2, 0.25) is 0 Å². The summed E-state index contributed by atoms with van der Waals surface area (Å²) in [5.41, 5.74) is 4.18. The van der Waals surface area contributed by atoms with Crippen molar-refractivity contribution in [2.75, 3.05) is 6.54 Å². The van der Waals surface area contributed by atoms with Crippen LogP contribution in [-0.4, -0.2) is 29.9 Å². The van der Waals surface area contributed by atoms with Crippen molar-refractivity contribution in [3.05, 3.63) is 0 Å². The number of carbonyl (C=O) groups is 3. The van der Waals surface area contributed by atoms with Gasteiger partial charge in [0.1, 0.15) is 12.0 Å². The Labute approximate surface area is 88.1 Å². The van der Waals surface area contributed by atoms with Crippen LogP contribution in [0.3, 0.4) is 0 Å². The van der Waals surface area contributed by atoms with Crippen LogP contribution in [-0.2, 0) is 19.1 Å². The minimum absolute atomic E-state index is 0.276. The highest BCUT2D eigenvalue weighted by molar-refractivity contribution is 5.95. The summed E-state index contributed by atoms with van der Waals surface area (Å²) in [5, 5.41) is 2.18. The smallest absolute Gasteiger partial charge is 0.315 e. The lowest BCUT2D eigenvalue weighted by Crippen LogP contribution is -2.35. The molecule has 0 aliphatic rings. The van der Waals surface area contributed by atoms with Gasteiger partial charge in [-0.15, -0.1) is 0 Å². The van der Waals surface area contributed by atoms with Crippen LogP contribution in [0.5, 0.6) is 0 Å². The van der Waals surface area contributed by atoms with Gasteiger partial charge in [-0.25, -0.2) is 0 Å². The monoisotopic (exact) mass is 216 g/mol. The van der Waals surface area contributed by atoms with Crippen molar-refractivity contribution in [1.29, 1.82) is 0 Å². The van der Waals surface area contributed by atoms with Crippen LogP contribution >= 0.6 is 0 Å². The maximum absolute atomic E-state index is 11.1. The Kier molecular flexibility index (Phi) is 4.77. The zero-order chi connectivity index (χ0) is 12.1. The summed E-state index contributed by atoms with van der Waals surface area (Å²) in [7, 11) is 0. The van der Waals surface area contributed by atoms with Crippen molar-refractivity contribution < 1.29 is 19.1 Å². The second-order valence-corrected chi connectivity index (χ2v) is 4.01. The van der Waals surface area contributed by atoms with E-state index >= 15 is 0 Å². The molecule has 0 rings (SSSR count). The molecule has 6 heteroatoms. The molecular weight excluding hydrogens is 200 g/mol. The third-order valence-corrected chi connectivity index (χ3v) is 1.18. The summed E-state index contributed by atoms with van der Waals surface area (Å²) in [4.78, 5) is 32.4.